The van der Waals surface area contributed by atoms with Crippen LogP contribution in [-0.2, 0) is 9.53 Å². The first-order valence-corrected chi connectivity index (χ1v) is 7.55. The summed E-state index contributed by atoms with van der Waals surface area (Å²) >= 11 is 0. The van der Waals surface area contributed by atoms with Crippen LogP contribution in [0.5, 0.6) is 5.75 Å². The quantitative estimate of drug-likeness (QED) is 0.780. The van der Waals surface area contributed by atoms with Gasteiger partial charge in [-0.25, -0.2) is 0 Å². The maximum Gasteiger partial charge on any atom is 0.260 e. The number of amides is 1. The predicted octanol–water partition coefficient (Wildman–Crippen LogP) is 0.217. The number of aliphatic hydroxyl groups excluding tert-OH is 1. The number of hydrogen-bond acceptors (Lipinski definition) is 5. The summed E-state index contributed by atoms with van der Waals surface area (Å²) in [7, 11) is 1.92. The summed E-state index contributed by atoms with van der Waals surface area (Å²) in [5, 5.41) is 8.98. The van der Waals surface area contributed by atoms with Crippen molar-refractivity contribution in [3.63, 3.8) is 0 Å². The molecular formula is C16H24N2O4. The smallest absolute Gasteiger partial charge is 0.260 e. The topological polar surface area (TPSA) is 62.2 Å². The summed E-state index contributed by atoms with van der Waals surface area (Å²) in [6, 6.07) is 9.32. The van der Waals surface area contributed by atoms with E-state index in [2.05, 4.69) is 0 Å². The number of para-hydroxylation sites is 1. The second-order valence-corrected chi connectivity index (χ2v) is 5.40. The minimum Gasteiger partial charge on any atom is -0.484 e. The first-order chi connectivity index (χ1) is 10.7. The molecule has 1 atom stereocenters. The third-order valence-corrected chi connectivity index (χ3v) is 3.66. The minimum atomic E-state index is -0.0328. The van der Waals surface area contributed by atoms with Gasteiger partial charge in [-0.3, -0.25) is 4.79 Å². The number of aliphatic hydroxyl groups is 1. The molecule has 6 nitrogen and oxygen atoms in total. The molecule has 0 aromatic heterocycles. The minimum absolute atomic E-state index is 0.00262. The number of likely N-dealkylation sites (N-methyl/N-ethyl adjacent to an activating group) is 1. The Morgan fingerprint density at radius 1 is 1.45 bits per heavy atom. The summed E-state index contributed by atoms with van der Waals surface area (Å²) < 4.78 is 11.0. The third-order valence-electron chi connectivity index (χ3n) is 3.66. The molecule has 0 spiro atoms. The van der Waals surface area contributed by atoms with E-state index in [9.17, 15) is 4.79 Å². The van der Waals surface area contributed by atoms with Crippen LogP contribution in [0.4, 0.5) is 0 Å². The Kier molecular flexibility index (Phi) is 6.64. The number of benzene rings is 1. The van der Waals surface area contributed by atoms with E-state index in [4.69, 9.17) is 14.6 Å². The van der Waals surface area contributed by atoms with Gasteiger partial charge >= 0.3 is 0 Å². The molecule has 1 aromatic carbocycles. The lowest BCUT2D eigenvalue weighted by atomic mass is 10.2. The summed E-state index contributed by atoms with van der Waals surface area (Å²) in [5.74, 6) is 0.660. The third kappa shape index (κ3) is 4.98. The van der Waals surface area contributed by atoms with Crippen LogP contribution in [0.25, 0.3) is 0 Å². The van der Waals surface area contributed by atoms with Crippen molar-refractivity contribution in [3.05, 3.63) is 30.3 Å². The highest BCUT2D eigenvalue weighted by Gasteiger charge is 2.28. The first kappa shape index (κ1) is 16.7. The van der Waals surface area contributed by atoms with Crippen LogP contribution >= 0.6 is 0 Å². The molecule has 0 saturated carbocycles. The molecule has 1 aromatic rings. The Bertz CT molecular complexity index is 455. The van der Waals surface area contributed by atoms with Crippen molar-refractivity contribution < 1.29 is 19.4 Å². The molecule has 1 aliphatic rings. The lowest BCUT2D eigenvalue weighted by molar-refractivity contribution is -0.142. The number of nitrogens with zero attached hydrogens (tertiary/aromatic N) is 2. The maximum atomic E-state index is 12.4. The predicted molar refractivity (Wildman–Crippen MR) is 82.8 cm³/mol. The Morgan fingerprint density at radius 2 is 2.23 bits per heavy atom. The van der Waals surface area contributed by atoms with Gasteiger partial charge < -0.3 is 24.4 Å². The zero-order valence-electron chi connectivity index (χ0n) is 13.0. The van der Waals surface area contributed by atoms with E-state index in [1.165, 1.54) is 0 Å². The number of morpholine rings is 1. The van der Waals surface area contributed by atoms with Crippen LogP contribution in [0.3, 0.4) is 0 Å². The molecule has 1 amide bonds. The van der Waals surface area contributed by atoms with Crippen LogP contribution in [-0.4, -0.2) is 80.0 Å². The fraction of sp³-hybridized carbons (Fsp3) is 0.562. The van der Waals surface area contributed by atoms with E-state index < -0.39 is 0 Å². The van der Waals surface area contributed by atoms with E-state index in [-0.39, 0.29) is 25.2 Å². The number of rotatable bonds is 7. The van der Waals surface area contributed by atoms with Gasteiger partial charge in [0.25, 0.3) is 5.91 Å². The molecule has 1 heterocycles. The zero-order chi connectivity index (χ0) is 15.8. The largest absolute Gasteiger partial charge is 0.484 e. The van der Waals surface area contributed by atoms with Gasteiger partial charge in [-0.05, 0) is 19.2 Å². The van der Waals surface area contributed by atoms with Crippen molar-refractivity contribution in [3.8, 4) is 5.75 Å². The Hall–Kier alpha value is -1.63. The van der Waals surface area contributed by atoms with Gasteiger partial charge in [0, 0.05) is 19.6 Å². The molecule has 122 valence electrons. The van der Waals surface area contributed by atoms with Crippen molar-refractivity contribution in [2.75, 3.05) is 53.1 Å². The lowest BCUT2D eigenvalue weighted by Gasteiger charge is -2.37. The normalized spacial score (nSPS) is 18.5. The van der Waals surface area contributed by atoms with Crippen molar-refractivity contribution in [1.29, 1.82) is 0 Å². The molecule has 6 heteroatoms. The Balaban J connectivity index is 1.87. The SMILES string of the molecule is CN(CCO)C[C@@H]1COCCN1C(=O)COc1ccccc1. The van der Waals surface area contributed by atoms with Crippen LogP contribution in [0.2, 0.25) is 0 Å². The first-order valence-electron chi connectivity index (χ1n) is 7.55. The number of carbonyl (C=O) groups is 1. The summed E-state index contributed by atoms with van der Waals surface area (Å²) in [4.78, 5) is 16.2. The van der Waals surface area contributed by atoms with Gasteiger partial charge in [0.2, 0.25) is 0 Å². The van der Waals surface area contributed by atoms with Crippen molar-refractivity contribution in [2.24, 2.45) is 0 Å². The van der Waals surface area contributed by atoms with Crippen molar-refractivity contribution in [1.82, 2.24) is 9.80 Å². The van der Waals surface area contributed by atoms with Gasteiger partial charge in [-0.1, -0.05) is 18.2 Å². The molecule has 0 bridgehead atoms. The molecule has 1 fully saturated rings. The fourth-order valence-electron chi connectivity index (χ4n) is 2.50. The lowest BCUT2D eigenvalue weighted by Crippen LogP contribution is -2.54. The average Bonchev–Trinajstić information content (AvgIpc) is 2.54. The van der Waals surface area contributed by atoms with Crippen LogP contribution < -0.4 is 4.74 Å². The highest BCUT2D eigenvalue weighted by Crippen LogP contribution is 2.12. The molecular weight excluding hydrogens is 284 g/mol. The molecule has 22 heavy (non-hydrogen) atoms. The van der Waals surface area contributed by atoms with E-state index >= 15 is 0 Å². The van der Waals surface area contributed by atoms with Gasteiger partial charge in [0.15, 0.2) is 6.61 Å². The van der Waals surface area contributed by atoms with E-state index in [1.807, 2.05) is 47.2 Å². The van der Waals surface area contributed by atoms with Crippen LogP contribution in [0.15, 0.2) is 30.3 Å². The average molecular weight is 308 g/mol. The van der Waals surface area contributed by atoms with E-state index in [0.717, 1.165) is 0 Å². The number of hydrogen-bond donors (Lipinski definition) is 1. The second kappa shape index (κ2) is 8.73. The Morgan fingerprint density at radius 3 is 2.95 bits per heavy atom. The summed E-state index contributed by atoms with van der Waals surface area (Å²) in [5.41, 5.74) is 0. The maximum absolute atomic E-state index is 12.4. The number of ether oxygens (including phenoxy) is 2. The molecule has 1 saturated heterocycles. The molecule has 0 aliphatic carbocycles. The molecule has 1 N–H and O–H groups in total. The molecule has 0 unspecified atom stereocenters. The highest BCUT2D eigenvalue weighted by molar-refractivity contribution is 5.78. The number of carbonyl (C=O) groups excluding carboxylic acids is 1. The monoisotopic (exact) mass is 308 g/mol. The molecule has 0 radical (unpaired) electrons. The second-order valence-electron chi connectivity index (χ2n) is 5.40. The highest BCUT2D eigenvalue weighted by atomic mass is 16.5. The molecule has 1 aliphatic heterocycles. The summed E-state index contributed by atoms with van der Waals surface area (Å²) in [6.45, 7) is 3.05. The zero-order valence-corrected chi connectivity index (χ0v) is 13.0. The fourth-order valence-corrected chi connectivity index (χ4v) is 2.50. The van der Waals surface area contributed by atoms with Gasteiger partial charge in [-0.15, -0.1) is 0 Å². The van der Waals surface area contributed by atoms with E-state index in [0.29, 0.717) is 38.6 Å². The summed E-state index contributed by atoms with van der Waals surface area (Å²) in [6.07, 6.45) is 0. The van der Waals surface area contributed by atoms with Crippen LogP contribution in [0, 0.1) is 0 Å². The van der Waals surface area contributed by atoms with Crippen molar-refractivity contribution >= 4 is 5.91 Å². The van der Waals surface area contributed by atoms with E-state index in [1.54, 1.807) is 0 Å². The standard InChI is InChI=1S/C16H24N2O4/c1-17(7-9-19)11-14-12-21-10-8-18(14)16(20)13-22-15-5-3-2-4-6-15/h2-6,14,19H,7-13H2,1H3/t14-/m1/s1. The van der Waals surface area contributed by atoms with Gasteiger partial charge in [0.05, 0.1) is 25.9 Å². The van der Waals surface area contributed by atoms with Gasteiger partial charge in [0.1, 0.15) is 5.75 Å². The Labute approximate surface area is 131 Å². The van der Waals surface area contributed by atoms with Gasteiger partial charge in [-0.2, -0.15) is 0 Å². The van der Waals surface area contributed by atoms with Crippen molar-refractivity contribution in [2.45, 2.75) is 6.04 Å². The van der Waals surface area contributed by atoms with Crippen LogP contribution in [0.1, 0.15) is 0 Å². The molecule has 2 rings (SSSR count).